The van der Waals surface area contributed by atoms with Crippen LogP contribution in [-0.2, 0) is 11.3 Å². The molecule has 1 heterocycles. The maximum Gasteiger partial charge on any atom is 0.244 e. The van der Waals surface area contributed by atoms with E-state index in [0.29, 0.717) is 24.6 Å². The molecular formula is C18H22N4O2. The summed E-state index contributed by atoms with van der Waals surface area (Å²) in [6.07, 6.45) is 11.1. The Labute approximate surface area is 141 Å². The molecule has 0 unspecified atom stereocenters. The lowest BCUT2D eigenvalue weighted by Crippen LogP contribution is -2.22. The second kappa shape index (κ2) is 9.19. The van der Waals surface area contributed by atoms with E-state index >= 15 is 0 Å². The number of nitrogens with two attached hydrogens (primary N) is 1. The van der Waals surface area contributed by atoms with Crippen LogP contribution in [0.2, 0.25) is 0 Å². The number of nitrogens with zero attached hydrogens (tertiary/aromatic N) is 2. The first-order valence-electron chi connectivity index (χ1n) is 7.74. The van der Waals surface area contributed by atoms with Gasteiger partial charge in [-0.2, -0.15) is 0 Å². The van der Waals surface area contributed by atoms with Gasteiger partial charge in [0.15, 0.2) is 0 Å². The average Bonchev–Trinajstić information content (AvgIpc) is 3.09. The number of ether oxygens (including phenoxy) is 1. The molecule has 0 saturated heterocycles. The molecule has 0 aliphatic carbocycles. The van der Waals surface area contributed by atoms with Crippen molar-refractivity contribution in [3.63, 3.8) is 0 Å². The van der Waals surface area contributed by atoms with Crippen LogP contribution < -0.4 is 15.8 Å². The molecule has 6 nitrogen and oxygen atoms in total. The van der Waals surface area contributed by atoms with Gasteiger partial charge in [-0.1, -0.05) is 18.7 Å². The van der Waals surface area contributed by atoms with E-state index in [-0.39, 0.29) is 5.91 Å². The lowest BCUT2D eigenvalue weighted by atomic mass is 10.1. The quantitative estimate of drug-likeness (QED) is 0.320. The molecular weight excluding hydrogens is 304 g/mol. The number of nitrogen functional groups attached to an aromatic ring is 1. The number of benzene rings is 1. The fourth-order valence-corrected chi connectivity index (χ4v) is 2.07. The summed E-state index contributed by atoms with van der Waals surface area (Å²) in [7, 11) is 0. The van der Waals surface area contributed by atoms with Gasteiger partial charge in [0.05, 0.1) is 12.0 Å². The molecule has 3 N–H and O–H groups in total. The number of amides is 1. The molecule has 0 aliphatic rings. The highest BCUT2D eigenvalue weighted by Crippen LogP contribution is 2.23. The van der Waals surface area contributed by atoms with Gasteiger partial charge in [-0.3, -0.25) is 4.79 Å². The summed E-state index contributed by atoms with van der Waals surface area (Å²) in [6, 6.07) is 5.39. The van der Waals surface area contributed by atoms with Crippen LogP contribution in [0.1, 0.15) is 12.0 Å². The van der Waals surface area contributed by atoms with Crippen molar-refractivity contribution in [2.75, 3.05) is 18.9 Å². The van der Waals surface area contributed by atoms with Crippen molar-refractivity contribution >= 4 is 17.7 Å². The van der Waals surface area contributed by atoms with Gasteiger partial charge in [0, 0.05) is 31.6 Å². The molecule has 1 amide bonds. The van der Waals surface area contributed by atoms with Crippen LogP contribution >= 0.6 is 0 Å². The number of imidazole rings is 1. The Hall–Kier alpha value is -3.02. The summed E-state index contributed by atoms with van der Waals surface area (Å²) in [5.74, 6) is 0.474. The molecule has 126 valence electrons. The summed E-state index contributed by atoms with van der Waals surface area (Å²) in [5.41, 5.74) is 7.28. The minimum atomic E-state index is -0.133. The smallest absolute Gasteiger partial charge is 0.244 e. The molecule has 2 rings (SSSR count). The van der Waals surface area contributed by atoms with Crippen LogP contribution in [0.25, 0.3) is 6.08 Å². The van der Waals surface area contributed by atoms with Crippen molar-refractivity contribution < 1.29 is 9.53 Å². The van der Waals surface area contributed by atoms with E-state index in [2.05, 4.69) is 16.9 Å². The number of carbonyl (C=O) groups excluding carboxylic acids is 1. The van der Waals surface area contributed by atoms with Crippen molar-refractivity contribution in [2.24, 2.45) is 0 Å². The average molecular weight is 326 g/mol. The normalized spacial score (nSPS) is 10.7. The van der Waals surface area contributed by atoms with Gasteiger partial charge in [0.1, 0.15) is 12.4 Å². The monoisotopic (exact) mass is 326 g/mol. The fraction of sp³-hybridized carbons (Fsp3) is 0.222. The zero-order valence-corrected chi connectivity index (χ0v) is 13.5. The Morgan fingerprint density at radius 3 is 3.04 bits per heavy atom. The lowest BCUT2D eigenvalue weighted by molar-refractivity contribution is -0.116. The van der Waals surface area contributed by atoms with E-state index in [1.54, 1.807) is 36.8 Å². The number of aryl methyl sites for hydroxylation is 1. The molecule has 0 fully saturated rings. The predicted octanol–water partition coefficient (Wildman–Crippen LogP) is 2.25. The number of hydrogen-bond acceptors (Lipinski definition) is 4. The first kappa shape index (κ1) is 17.3. The molecule has 0 bridgehead atoms. The highest BCUT2D eigenvalue weighted by atomic mass is 16.5. The lowest BCUT2D eigenvalue weighted by Gasteiger charge is -2.07. The summed E-state index contributed by atoms with van der Waals surface area (Å²) in [4.78, 5) is 15.8. The van der Waals surface area contributed by atoms with E-state index in [1.165, 1.54) is 6.08 Å². The number of rotatable bonds is 9. The minimum absolute atomic E-state index is 0.133. The largest absolute Gasteiger partial charge is 0.487 e. The molecule has 0 aliphatic heterocycles. The number of carbonyl (C=O) groups is 1. The molecule has 24 heavy (non-hydrogen) atoms. The van der Waals surface area contributed by atoms with Gasteiger partial charge in [-0.25, -0.2) is 4.98 Å². The number of nitrogens with one attached hydrogen (secondary N) is 1. The van der Waals surface area contributed by atoms with Crippen molar-refractivity contribution in [3.05, 3.63) is 61.2 Å². The van der Waals surface area contributed by atoms with Crippen molar-refractivity contribution in [1.82, 2.24) is 14.9 Å². The van der Waals surface area contributed by atoms with Crippen LogP contribution in [0, 0.1) is 0 Å². The number of aromatic nitrogens is 2. The van der Waals surface area contributed by atoms with E-state index in [0.717, 1.165) is 18.5 Å². The van der Waals surface area contributed by atoms with E-state index < -0.39 is 0 Å². The zero-order valence-electron chi connectivity index (χ0n) is 13.5. The second-order valence-electron chi connectivity index (χ2n) is 5.18. The first-order chi connectivity index (χ1) is 11.7. The molecule has 0 spiro atoms. The molecule has 0 atom stereocenters. The van der Waals surface area contributed by atoms with Gasteiger partial charge in [0.2, 0.25) is 5.91 Å². The first-order valence-corrected chi connectivity index (χ1v) is 7.74. The van der Waals surface area contributed by atoms with Crippen molar-refractivity contribution in [1.29, 1.82) is 0 Å². The third-order valence-corrected chi connectivity index (χ3v) is 3.27. The van der Waals surface area contributed by atoms with Gasteiger partial charge >= 0.3 is 0 Å². The summed E-state index contributed by atoms with van der Waals surface area (Å²) in [6.45, 7) is 5.43. The summed E-state index contributed by atoms with van der Waals surface area (Å²) in [5, 5.41) is 2.84. The van der Waals surface area contributed by atoms with Crippen LogP contribution in [0.5, 0.6) is 5.75 Å². The van der Waals surface area contributed by atoms with Crippen molar-refractivity contribution in [3.8, 4) is 5.75 Å². The molecule has 2 aromatic rings. The van der Waals surface area contributed by atoms with Crippen LogP contribution in [0.3, 0.4) is 0 Å². The third kappa shape index (κ3) is 5.64. The van der Waals surface area contributed by atoms with E-state index in [1.807, 2.05) is 16.8 Å². The Morgan fingerprint density at radius 1 is 1.46 bits per heavy atom. The topological polar surface area (TPSA) is 82.2 Å². The van der Waals surface area contributed by atoms with Crippen molar-refractivity contribution in [2.45, 2.75) is 13.0 Å². The van der Waals surface area contributed by atoms with E-state index in [9.17, 15) is 4.79 Å². The fourth-order valence-electron chi connectivity index (χ4n) is 2.07. The third-order valence-electron chi connectivity index (χ3n) is 3.27. The Balaban J connectivity index is 1.76. The predicted molar refractivity (Wildman–Crippen MR) is 95.4 cm³/mol. The summed E-state index contributed by atoms with van der Waals surface area (Å²) < 4.78 is 7.38. The molecule has 0 saturated carbocycles. The molecule has 0 radical (unpaired) electrons. The second-order valence-corrected chi connectivity index (χ2v) is 5.18. The zero-order chi connectivity index (χ0) is 17.2. The molecule has 6 heteroatoms. The van der Waals surface area contributed by atoms with Crippen LogP contribution in [0.15, 0.2) is 55.7 Å². The van der Waals surface area contributed by atoms with Gasteiger partial charge in [-0.15, -0.1) is 0 Å². The maximum absolute atomic E-state index is 11.8. The summed E-state index contributed by atoms with van der Waals surface area (Å²) >= 11 is 0. The Bertz CT molecular complexity index is 693. The maximum atomic E-state index is 11.8. The number of anilines is 1. The number of hydrogen-bond donors (Lipinski definition) is 2. The Kier molecular flexibility index (Phi) is 6.64. The van der Waals surface area contributed by atoms with Gasteiger partial charge in [0.25, 0.3) is 0 Å². The SMILES string of the molecule is C=CCOc1ccc(/C=C\C(=O)NCCCn2ccnc2)cc1N. The van der Waals surface area contributed by atoms with E-state index in [4.69, 9.17) is 10.5 Å². The highest BCUT2D eigenvalue weighted by Gasteiger charge is 2.01. The van der Waals surface area contributed by atoms with Gasteiger partial charge in [-0.05, 0) is 30.2 Å². The standard InChI is InChI=1S/C18H22N4O2/c1-2-12-24-17-6-4-15(13-16(17)19)5-7-18(23)21-8-3-10-22-11-9-20-14-22/h2,4-7,9,11,13-14H,1,3,8,10,12,19H2,(H,21,23)/b7-5-. The molecule has 1 aromatic carbocycles. The van der Waals surface area contributed by atoms with Crippen LogP contribution in [0.4, 0.5) is 5.69 Å². The molecule has 1 aromatic heterocycles. The highest BCUT2D eigenvalue weighted by molar-refractivity contribution is 5.91. The Morgan fingerprint density at radius 2 is 2.33 bits per heavy atom. The minimum Gasteiger partial charge on any atom is -0.487 e. The van der Waals surface area contributed by atoms with Gasteiger partial charge < -0.3 is 20.4 Å². The van der Waals surface area contributed by atoms with Crippen LogP contribution in [-0.4, -0.2) is 28.6 Å².